The summed E-state index contributed by atoms with van der Waals surface area (Å²) < 4.78 is 5.28. The van der Waals surface area contributed by atoms with Crippen LogP contribution in [0.1, 0.15) is 24.2 Å². The van der Waals surface area contributed by atoms with Crippen LogP contribution in [0.2, 0.25) is 0 Å². The lowest BCUT2D eigenvalue weighted by Crippen LogP contribution is -2.07. The van der Waals surface area contributed by atoms with Crippen LogP contribution in [-0.4, -0.2) is 13.7 Å². The second-order valence-corrected chi connectivity index (χ2v) is 3.12. The summed E-state index contributed by atoms with van der Waals surface area (Å²) in [6.45, 7) is 2.74. The maximum absolute atomic E-state index is 5.53. The second-order valence-electron chi connectivity index (χ2n) is 3.12. The van der Waals surface area contributed by atoms with Crippen molar-refractivity contribution in [2.45, 2.75) is 19.4 Å². The van der Waals surface area contributed by atoms with E-state index < -0.39 is 0 Å². The zero-order valence-electron chi connectivity index (χ0n) is 8.29. The van der Waals surface area contributed by atoms with E-state index in [2.05, 4.69) is 19.1 Å². The lowest BCUT2D eigenvalue weighted by Gasteiger charge is -2.14. The maximum atomic E-state index is 5.53. The van der Waals surface area contributed by atoms with Crippen molar-refractivity contribution in [1.29, 1.82) is 0 Å². The highest BCUT2D eigenvalue weighted by Gasteiger charge is 2.07. The number of ether oxygens (including phenoxy) is 1. The fourth-order valence-corrected chi connectivity index (χ4v) is 1.44. The Bertz CT molecular complexity index is 260. The molecular weight excluding hydrogens is 162 g/mol. The predicted octanol–water partition coefficient (Wildman–Crippen LogP) is 1.90. The Morgan fingerprint density at radius 2 is 2.08 bits per heavy atom. The van der Waals surface area contributed by atoms with Gasteiger partial charge in [0.1, 0.15) is 0 Å². The van der Waals surface area contributed by atoms with Crippen LogP contribution in [0.15, 0.2) is 24.3 Å². The molecule has 0 saturated carbocycles. The Kier molecular flexibility index (Phi) is 3.93. The Morgan fingerprint density at radius 1 is 1.38 bits per heavy atom. The standard InChI is InChI=1S/C11H17NO/c1-9(13-2)11-6-4-3-5-10(11)7-8-12/h3-6,9H,7-8,12H2,1-2H3. The molecule has 0 aliphatic heterocycles. The van der Waals surface area contributed by atoms with Gasteiger partial charge in [0, 0.05) is 7.11 Å². The van der Waals surface area contributed by atoms with Crippen molar-refractivity contribution in [2.75, 3.05) is 13.7 Å². The number of benzene rings is 1. The van der Waals surface area contributed by atoms with Crippen molar-refractivity contribution in [2.24, 2.45) is 5.73 Å². The number of methoxy groups -OCH3 is 1. The highest BCUT2D eigenvalue weighted by atomic mass is 16.5. The summed E-state index contributed by atoms with van der Waals surface area (Å²) >= 11 is 0. The molecule has 1 atom stereocenters. The van der Waals surface area contributed by atoms with E-state index in [-0.39, 0.29) is 6.10 Å². The van der Waals surface area contributed by atoms with Crippen molar-refractivity contribution >= 4 is 0 Å². The zero-order chi connectivity index (χ0) is 9.68. The van der Waals surface area contributed by atoms with E-state index in [0.717, 1.165) is 6.42 Å². The van der Waals surface area contributed by atoms with E-state index in [1.54, 1.807) is 7.11 Å². The summed E-state index contributed by atoms with van der Waals surface area (Å²) in [7, 11) is 1.73. The van der Waals surface area contributed by atoms with Gasteiger partial charge >= 0.3 is 0 Å². The van der Waals surface area contributed by atoms with Gasteiger partial charge in [-0.1, -0.05) is 24.3 Å². The Balaban J connectivity index is 2.90. The van der Waals surface area contributed by atoms with E-state index in [0.29, 0.717) is 6.54 Å². The third kappa shape index (κ3) is 2.54. The monoisotopic (exact) mass is 179 g/mol. The molecule has 0 spiro atoms. The predicted molar refractivity (Wildman–Crippen MR) is 54.6 cm³/mol. The van der Waals surface area contributed by atoms with Crippen LogP contribution in [0.3, 0.4) is 0 Å². The van der Waals surface area contributed by atoms with Crippen molar-refractivity contribution in [3.63, 3.8) is 0 Å². The van der Waals surface area contributed by atoms with Gasteiger partial charge < -0.3 is 10.5 Å². The number of hydrogen-bond donors (Lipinski definition) is 1. The van der Waals surface area contributed by atoms with E-state index in [4.69, 9.17) is 10.5 Å². The van der Waals surface area contributed by atoms with Crippen LogP contribution in [0.4, 0.5) is 0 Å². The van der Waals surface area contributed by atoms with Crippen molar-refractivity contribution in [3.05, 3.63) is 35.4 Å². The normalized spacial score (nSPS) is 12.8. The smallest absolute Gasteiger partial charge is 0.0795 e. The van der Waals surface area contributed by atoms with Gasteiger partial charge in [-0.15, -0.1) is 0 Å². The minimum Gasteiger partial charge on any atom is -0.377 e. The fraction of sp³-hybridized carbons (Fsp3) is 0.455. The molecule has 0 aliphatic rings. The maximum Gasteiger partial charge on any atom is 0.0795 e. The first kappa shape index (κ1) is 10.2. The van der Waals surface area contributed by atoms with Crippen LogP contribution >= 0.6 is 0 Å². The summed E-state index contributed by atoms with van der Waals surface area (Å²) in [4.78, 5) is 0. The van der Waals surface area contributed by atoms with Crippen LogP contribution in [0, 0.1) is 0 Å². The molecule has 72 valence electrons. The molecule has 0 aromatic heterocycles. The van der Waals surface area contributed by atoms with Crippen LogP contribution in [-0.2, 0) is 11.2 Å². The van der Waals surface area contributed by atoms with Gasteiger partial charge in [0.05, 0.1) is 6.10 Å². The Morgan fingerprint density at radius 3 is 2.69 bits per heavy atom. The third-order valence-corrected chi connectivity index (χ3v) is 2.26. The quantitative estimate of drug-likeness (QED) is 0.766. The number of rotatable bonds is 4. The van der Waals surface area contributed by atoms with Crippen LogP contribution in [0.25, 0.3) is 0 Å². The summed E-state index contributed by atoms with van der Waals surface area (Å²) in [6, 6.07) is 8.28. The SMILES string of the molecule is COC(C)c1ccccc1CCN. The third-order valence-electron chi connectivity index (χ3n) is 2.26. The molecule has 0 aliphatic carbocycles. The van der Waals surface area contributed by atoms with E-state index in [9.17, 15) is 0 Å². The van der Waals surface area contributed by atoms with Gasteiger partial charge in [-0.05, 0) is 31.0 Å². The van der Waals surface area contributed by atoms with E-state index in [1.165, 1.54) is 11.1 Å². The molecule has 0 bridgehead atoms. The van der Waals surface area contributed by atoms with Gasteiger partial charge in [-0.2, -0.15) is 0 Å². The molecule has 2 heteroatoms. The molecule has 0 saturated heterocycles. The average Bonchev–Trinajstić information content (AvgIpc) is 2.18. The first-order chi connectivity index (χ1) is 6.29. The minimum atomic E-state index is 0.155. The average molecular weight is 179 g/mol. The molecule has 0 fully saturated rings. The van der Waals surface area contributed by atoms with Crippen LogP contribution in [0.5, 0.6) is 0 Å². The lowest BCUT2D eigenvalue weighted by atomic mass is 10.0. The first-order valence-corrected chi connectivity index (χ1v) is 4.60. The van der Waals surface area contributed by atoms with E-state index in [1.807, 2.05) is 12.1 Å². The van der Waals surface area contributed by atoms with Gasteiger partial charge in [0.25, 0.3) is 0 Å². The summed E-state index contributed by atoms with van der Waals surface area (Å²) in [5, 5.41) is 0. The molecule has 0 amide bonds. The molecule has 1 aromatic rings. The molecule has 13 heavy (non-hydrogen) atoms. The fourth-order valence-electron chi connectivity index (χ4n) is 1.44. The molecule has 2 nitrogen and oxygen atoms in total. The molecule has 0 heterocycles. The summed E-state index contributed by atoms with van der Waals surface area (Å²) in [5.74, 6) is 0. The Labute approximate surface area is 79.7 Å². The summed E-state index contributed by atoms with van der Waals surface area (Å²) in [6.07, 6.45) is 1.08. The van der Waals surface area contributed by atoms with Crippen molar-refractivity contribution in [1.82, 2.24) is 0 Å². The van der Waals surface area contributed by atoms with Gasteiger partial charge in [0.15, 0.2) is 0 Å². The molecule has 2 N–H and O–H groups in total. The van der Waals surface area contributed by atoms with Gasteiger partial charge in [-0.25, -0.2) is 0 Å². The van der Waals surface area contributed by atoms with Crippen molar-refractivity contribution < 1.29 is 4.74 Å². The van der Waals surface area contributed by atoms with Crippen LogP contribution < -0.4 is 5.73 Å². The number of hydrogen-bond acceptors (Lipinski definition) is 2. The van der Waals surface area contributed by atoms with Gasteiger partial charge in [0.2, 0.25) is 0 Å². The molecule has 0 radical (unpaired) electrons. The summed E-state index contributed by atoms with van der Waals surface area (Å²) in [5.41, 5.74) is 8.07. The Hall–Kier alpha value is -0.860. The molecular formula is C11H17NO. The molecule has 1 aromatic carbocycles. The highest BCUT2D eigenvalue weighted by molar-refractivity contribution is 5.29. The zero-order valence-corrected chi connectivity index (χ0v) is 8.29. The number of nitrogens with two attached hydrogens (primary N) is 1. The second kappa shape index (κ2) is 5.00. The molecule has 1 rings (SSSR count). The lowest BCUT2D eigenvalue weighted by molar-refractivity contribution is 0.119. The molecule has 1 unspecified atom stereocenters. The topological polar surface area (TPSA) is 35.2 Å². The van der Waals surface area contributed by atoms with E-state index >= 15 is 0 Å². The largest absolute Gasteiger partial charge is 0.377 e. The van der Waals surface area contributed by atoms with Crippen molar-refractivity contribution in [3.8, 4) is 0 Å². The first-order valence-electron chi connectivity index (χ1n) is 4.60. The van der Waals surface area contributed by atoms with Gasteiger partial charge in [-0.3, -0.25) is 0 Å². The minimum absolute atomic E-state index is 0.155. The highest BCUT2D eigenvalue weighted by Crippen LogP contribution is 2.20.